The molecule has 1 aliphatic rings. The number of carbonyl (C=O) groups excluding carboxylic acids is 1. The minimum Gasteiger partial charge on any atom is -0.335 e. The van der Waals surface area contributed by atoms with Gasteiger partial charge in [0.2, 0.25) is 0 Å². The van der Waals surface area contributed by atoms with Crippen LogP contribution >= 0.6 is 0 Å². The molecule has 0 atom stereocenters. The van der Waals surface area contributed by atoms with Crippen LogP contribution in [0.3, 0.4) is 0 Å². The van der Waals surface area contributed by atoms with Crippen molar-refractivity contribution in [1.29, 1.82) is 0 Å². The third-order valence-corrected chi connectivity index (χ3v) is 3.95. The maximum atomic E-state index is 12.4. The summed E-state index contributed by atoms with van der Waals surface area (Å²) in [6, 6.07) is 10.5. The van der Waals surface area contributed by atoms with Crippen molar-refractivity contribution in [3.05, 3.63) is 53.3 Å². The Morgan fingerprint density at radius 1 is 1.19 bits per heavy atom. The Morgan fingerprint density at radius 3 is 2.52 bits per heavy atom. The van der Waals surface area contributed by atoms with Crippen molar-refractivity contribution < 1.29 is 4.79 Å². The van der Waals surface area contributed by atoms with E-state index in [1.165, 1.54) is 5.56 Å². The first-order valence-corrected chi connectivity index (χ1v) is 7.29. The van der Waals surface area contributed by atoms with Gasteiger partial charge in [0.1, 0.15) is 5.69 Å². The van der Waals surface area contributed by atoms with Crippen LogP contribution in [0.4, 0.5) is 0 Å². The molecule has 2 heterocycles. The van der Waals surface area contributed by atoms with Crippen molar-refractivity contribution in [2.24, 2.45) is 0 Å². The van der Waals surface area contributed by atoms with E-state index in [4.69, 9.17) is 0 Å². The third-order valence-electron chi connectivity index (χ3n) is 3.95. The second kappa shape index (κ2) is 6.10. The van der Waals surface area contributed by atoms with Crippen LogP contribution in [0.15, 0.2) is 36.5 Å². The van der Waals surface area contributed by atoms with Crippen molar-refractivity contribution in [2.45, 2.75) is 13.5 Å². The van der Waals surface area contributed by atoms with E-state index in [0.717, 1.165) is 38.3 Å². The van der Waals surface area contributed by atoms with Gasteiger partial charge in [0.25, 0.3) is 5.91 Å². The molecule has 0 saturated carbocycles. The normalized spacial score (nSPS) is 16.1. The largest absolute Gasteiger partial charge is 0.335 e. The van der Waals surface area contributed by atoms with Gasteiger partial charge in [0.15, 0.2) is 0 Å². The van der Waals surface area contributed by atoms with E-state index >= 15 is 0 Å². The quantitative estimate of drug-likeness (QED) is 0.933. The lowest BCUT2D eigenvalue weighted by molar-refractivity contribution is 0.0622. The first kappa shape index (κ1) is 13.8. The fourth-order valence-electron chi connectivity index (χ4n) is 2.67. The second-order valence-electron chi connectivity index (χ2n) is 5.48. The van der Waals surface area contributed by atoms with Crippen LogP contribution in [0.25, 0.3) is 0 Å². The monoisotopic (exact) mass is 284 g/mol. The van der Waals surface area contributed by atoms with Crippen LogP contribution in [0.1, 0.15) is 21.6 Å². The molecular weight excluding hydrogens is 264 g/mol. The molecule has 110 valence electrons. The van der Waals surface area contributed by atoms with E-state index in [0.29, 0.717) is 5.69 Å². The second-order valence-corrected chi connectivity index (χ2v) is 5.48. The Kier molecular flexibility index (Phi) is 4.01. The molecule has 21 heavy (non-hydrogen) atoms. The molecule has 3 rings (SSSR count). The van der Waals surface area contributed by atoms with Gasteiger partial charge in [-0.3, -0.25) is 14.8 Å². The van der Waals surface area contributed by atoms with E-state index in [2.05, 4.69) is 39.4 Å². The van der Waals surface area contributed by atoms with Gasteiger partial charge in [-0.15, -0.1) is 0 Å². The fourth-order valence-corrected chi connectivity index (χ4v) is 2.67. The van der Waals surface area contributed by atoms with E-state index in [-0.39, 0.29) is 5.91 Å². The summed E-state index contributed by atoms with van der Waals surface area (Å²) in [6.07, 6.45) is 1.69. The highest BCUT2D eigenvalue weighted by molar-refractivity contribution is 5.93. The Balaban J connectivity index is 1.56. The lowest BCUT2D eigenvalue weighted by atomic mass is 10.2. The molecule has 0 aliphatic carbocycles. The Bertz CT molecular complexity index is 600. The van der Waals surface area contributed by atoms with Gasteiger partial charge in [-0.1, -0.05) is 30.3 Å². The molecular formula is C16H20N4O. The number of amides is 1. The average molecular weight is 284 g/mol. The topological polar surface area (TPSA) is 52.2 Å². The fraction of sp³-hybridized carbons (Fsp3) is 0.375. The summed E-state index contributed by atoms with van der Waals surface area (Å²) in [5, 5.41) is 6.72. The molecule has 0 radical (unpaired) electrons. The number of aryl methyl sites for hydroxylation is 1. The molecule has 1 amide bonds. The molecule has 0 spiro atoms. The number of nitrogens with zero attached hydrogens (tertiary/aromatic N) is 3. The average Bonchev–Trinajstić information content (AvgIpc) is 2.94. The van der Waals surface area contributed by atoms with Gasteiger partial charge in [-0.25, -0.2) is 0 Å². The predicted octanol–water partition coefficient (Wildman–Crippen LogP) is 1.68. The number of carbonyl (C=O) groups is 1. The summed E-state index contributed by atoms with van der Waals surface area (Å²) in [4.78, 5) is 16.7. The minimum absolute atomic E-state index is 0.0596. The zero-order chi connectivity index (χ0) is 14.7. The van der Waals surface area contributed by atoms with Gasteiger partial charge < -0.3 is 4.90 Å². The number of hydrogen-bond acceptors (Lipinski definition) is 3. The molecule has 1 aliphatic heterocycles. The van der Waals surface area contributed by atoms with Crippen molar-refractivity contribution in [1.82, 2.24) is 20.0 Å². The number of aromatic nitrogens is 2. The van der Waals surface area contributed by atoms with Crippen LogP contribution < -0.4 is 0 Å². The highest BCUT2D eigenvalue weighted by Gasteiger charge is 2.23. The molecule has 0 unspecified atom stereocenters. The predicted molar refractivity (Wildman–Crippen MR) is 80.9 cm³/mol. The van der Waals surface area contributed by atoms with Crippen molar-refractivity contribution >= 4 is 5.91 Å². The molecule has 5 heteroatoms. The summed E-state index contributed by atoms with van der Waals surface area (Å²) in [7, 11) is 0. The standard InChI is InChI=1S/C16H20N4O/c1-13-11-17-18-15(13)16(21)20-9-7-19(8-10-20)12-14-5-3-2-4-6-14/h2-6,11H,7-10,12H2,1H3,(H,17,18). The molecule has 1 N–H and O–H groups in total. The molecule has 5 nitrogen and oxygen atoms in total. The Hall–Kier alpha value is -2.14. The number of piperazine rings is 1. The molecule has 1 aromatic heterocycles. The number of benzene rings is 1. The van der Waals surface area contributed by atoms with E-state index in [1.54, 1.807) is 6.20 Å². The Morgan fingerprint density at radius 2 is 1.90 bits per heavy atom. The number of rotatable bonds is 3. The van der Waals surface area contributed by atoms with Crippen LogP contribution in [0.2, 0.25) is 0 Å². The maximum Gasteiger partial charge on any atom is 0.272 e. The first-order chi connectivity index (χ1) is 10.2. The van der Waals surface area contributed by atoms with Crippen LogP contribution in [0.5, 0.6) is 0 Å². The summed E-state index contributed by atoms with van der Waals surface area (Å²) < 4.78 is 0. The summed E-state index contributed by atoms with van der Waals surface area (Å²) in [6.45, 7) is 6.21. The first-order valence-electron chi connectivity index (χ1n) is 7.29. The highest BCUT2D eigenvalue weighted by Crippen LogP contribution is 2.12. The highest BCUT2D eigenvalue weighted by atomic mass is 16.2. The smallest absolute Gasteiger partial charge is 0.272 e. The van der Waals surface area contributed by atoms with Gasteiger partial charge in [0, 0.05) is 32.7 Å². The number of aromatic amines is 1. The summed E-state index contributed by atoms with van der Waals surface area (Å²) >= 11 is 0. The van der Waals surface area contributed by atoms with E-state index < -0.39 is 0 Å². The summed E-state index contributed by atoms with van der Waals surface area (Å²) in [5.74, 6) is 0.0596. The van der Waals surface area contributed by atoms with Crippen molar-refractivity contribution in [2.75, 3.05) is 26.2 Å². The van der Waals surface area contributed by atoms with Crippen molar-refractivity contribution in [3.63, 3.8) is 0 Å². The summed E-state index contributed by atoms with van der Waals surface area (Å²) in [5.41, 5.74) is 2.85. The lowest BCUT2D eigenvalue weighted by Crippen LogP contribution is -2.48. The third kappa shape index (κ3) is 3.13. The molecule has 1 saturated heterocycles. The van der Waals surface area contributed by atoms with Gasteiger partial charge in [-0.05, 0) is 18.1 Å². The Labute approximate surface area is 124 Å². The lowest BCUT2D eigenvalue weighted by Gasteiger charge is -2.34. The zero-order valence-corrected chi connectivity index (χ0v) is 12.2. The van der Waals surface area contributed by atoms with Crippen molar-refractivity contribution in [3.8, 4) is 0 Å². The van der Waals surface area contributed by atoms with Gasteiger partial charge in [0.05, 0.1) is 6.20 Å². The van der Waals surface area contributed by atoms with Gasteiger partial charge in [-0.2, -0.15) is 5.10 Å². The molecule has 1 aromatic carbocycles. The van der Waals surface area contributed by atoms with Crippen LogP contribution in [0, 0.1) is 6.92 Å². The molecule has 0 bridgehead atoms. The number of H-pyrrole nitrogens is 1. The minimum atomic E-state index is 0.0596. The zero-order valence-electron chi connectivity index (χ0n) is 12.2. The maximum absolute atomic E-state index is 12.4. The SMILES string of the molecule is Cc1cn[nH]c1C(=O)N1CCN(Cc2ccccc2)CC1. The van der Waals surface area contributed by atoms with Gasteiger partial charge >= 0.3 is 0 Å². The van der Waals surface area contributed by atoms with Crippen LogP contribution in [-0.2, 0) is 6.54 Å². The van der Waals surface area contributed by atoms with Crippen LogP contribution in [-0.4, -0.2) is 52.1 Å². The molecule has 1 fully saturated rings. The number of hydrogen-bond donors (Lipinski definition) is 1. The van der Waals surface area contributed by atoms with E-state index in [9.17, 15) is 4.79 Å². The number of nitrogens with one attached hydrogen (secondary N) is 1. The van der Waals surface area contributed by atoms with E-state index in [1.807, 2.05) is 17.9 Å². The molecule has 2 aromatic rings.